The summed E-state index contributed by atoms with van der Waals surface area (Å²) in [5, 5.41) is 6.09. The zero-order valence-electron chi connectivity index (χ0n) is 16.1. The van der Waals surface area contributed by atoms with Crippen LogP contribution in [0.1, 0.15) is 62.7 Å². The molecule has 4 fully saturated rings. The van der Waals surface area contributed by atoms with Crippen LogP contribution in [0, 0.1) is 29.5 Å². The molecule has 27 heavy (non-hydrogen) atoms. The molecule has 0 spiro atoms. The molecule has 1 atom stereocenters. The molecular formula is C22H29FN2O2. The van der Waals surface area contributed by atoms with Gasteiger partial charge in [-0.25, -0.2) is 4.39 Å². The van der Waals surface area contributed by atoms with Crippen molar-refractivity contribution in [2.75, 3.05) is 0 Å². The van der Waals surface area contributed by atoms with Crippen molar-refractivity contribution in [1.82, 2.24) is 10.6 Å². The molecule has 0 saturated heterocycles. The van der Waals surface area contributed by atoms with Crippen molar-refractivity contribution < 1.29 is 14.0 Å². The van der Waals surface area contributed by atoms with E-state index in [0.29, 0.717) is 0 Å². The van der Waals surface area contributed by atoms with Crippen LogP contribution in [0.25, 0.3) is 0 Å². The van der Waals surface area contributed by atoms with Gasteiger partial charge in [-0.2, -0.15) is 0 Å². The topological polar surface area (TPSA) is 58.2 Å². The van der Waals surface area contributed by atoms with E-state index < -0.39 is 17.8 Å². The summed E-state index contributed by atoms with van der Waals surface area (Å²) in [5.74, 6) is 0.906. The molecule has 5 rings (SSSR count). The van der Waals surface area contributed by atoms with Gasteiger partial charge in [0, 0.05) is 5.54 Å². The number of benzene rings is 1. The highest BCUT2D eigenvalue weighted by molar-refractivity contribution is 5.97. The van der Waals surface area contributed by atoms with Gasteiger partial charge in [0.1, 0.15) is 11.9 Å². The molecule has 4 bridgehead atoms. The standard InChI is InChI=1S/C22H29FN2O2/c1-13(2)19(24-20(26)17-5-3-4-6-18(17)23)21(27)25-22-10-14-7-15(11-22)9-16(8-14)12-22/h3-6,13-16,19H,7-12H2,1-2H3,(H,24,26)(H,25,27)/t14?,15?,16?,19-,22?/m0/s1. The Balaban J connectivity index is 1.47. The van der Waals surface area contributed by atoms with E-state index in [9.17, 15) is 14.0 Å². The SMILES string of the molecule is CC(C)[C@H](NC(=O)c1ccccc1F)C(=O)NC12CC3CC(CC(C3)C1)C2. The number of halogens is 1. The Morgan fingerprint density at radius 1 is 1.04 bits per heavy atom. The van der Waals surface area contributed by atoms with Crippen molar-refractivity contribution >= 4 is 11.8 Å². The van der Waals surface area contributed by atoms with Crippen LogP contribution in [0.3, 0.4) is 0 Å². The highest BCUT2D eigenvalue weighted by Crippen LogP contribution is 2.55. The number of carbonyl (C=O) groups excluding carboxylic acids is 2. The van der Waals surface area contributed by atoms with Gasteiger partial charge in [-0.15, -0.1) is 0 Å². The third kappa shape index (κ3) is 3.61. The highest BCUT2D eigenvalue weighted by Gasteiger charge is 2.52. The van der Waals surface area contributed by atoms with Crippen LogP contribution in [0.4, 0.5) is 4.39 Å². The van der Waals surface area contributed by atoms with Gasteiger partial charge in [0.25, 0.3) is 5.91 Å². The Morgan fingerprint density at radius 3 is 2.11 bits per heavy atom. The smallest absolute Gasteiger partial charge is 0.254 e. The van der Waals surface area contributed by atoms with E-state index in [-0.39, 0.29) is 22.9 Å². The zero-order valence-corrected chi connectivity index (χ0v) is 16.1. The number of rotatable bonds is 5. The van der Waals surface area contributed by atoms with Crippen LogP contribution < -0.4 is 10.6 Å². The minimum absolute atomic E-state index is 0.0224. The quantitative estimate of drug-likeness (QED) is 0.829. The van der Waals surface area contributed by atoms with Crippen LogP contribution in [-0.4, -0.2) is 23.4 Å². The number of hydrogen-bond donors (Lipinski definition) is 2. The summed E-state index contributed by atoms with van der Waals surface area (Å²) >= 11 is 0. The fourth-order valence-electron chi connectivity index (χ4n) is 6.00. The van der Waals surface area contributed by atoms with Crippen molar-refractivity contribution in [3.63, 3.8) is 0 Å². The van der Waals surface area contributed by atoms with Crippen molar-refractivity contribution in [2.45, 2.75) is 64.0 Å². The van der Waals surface area contributed by atoms with Crippen molar-refractivity contribution in [3.05, 3.63) is 35.6 Å². The lowest BCUT2D eigenvalue weighted by Gasteiger charge is -2.57. The fourth-order valence-corrected chi connectivity index (χ4v) is 6.00. The van der Waals surface area contributed by atoms with Crippen LogP contribution in [0.15, 0.2) is 24.3 Å². The lowest BCUT2D eigenvalue weighted by molar-refractivity contribution is -0.129. The van der Waals surface area contributed by atoms with E-state index in [1.54, 1.807) is 12.1 Å². The van der Waals surface area contributed by atoms with Gasteiger partial charge in [-0.1, -0.05) is 26.0 Å². The molecule has 146 valence electrons. The monoisotopic (exact) mass is 372 g/mol. The molecule has 2 N–H and O–H groups in total. The molecule has 4 aliphatic carbocycles. The molecule has 5 heteroatoms. The summed E-state index contributed by atoms with van der Waals surface area (Å²) < 4.78 is 13.9. The number of carbonyl (C=O) groups is 2. The normalized spacial score (nSPS) is 32.4. The van der Waals surface area contributed by atoms with Crippen molar-refractivity contribution in [1.29, 1.82) is 0 Å². The van der Waals surface area contributed by atoms with Crippen molar-refractivity contribution in [2.24, 2.45) is 23.7 Å². The van der Waals surface area contributed by atoms with Gasteiger partial charge >= 0.3 is 0 Å². The van der Waals surface area contributed by atoms with E-state index in [1.807, 2.05) is 13.8 Å². The second kappa shape index (κ2) is 6.92. The summed E-state index contributed by atoms with van der Waals surface area (Å²) in [6, 6.07) is 5.21. The van der Waals surface area contributed by atoms with Gasteiger partial charge in [0.05, 0.1) is 5.56 Å². The Hall–Kier alpha value is -1.91. The van der Waals surface area contributed by atoms with Gasteiger partial charge < -0.3 is 10.6 Å². The lowest BCUT2D eigenvalue weighted by atomic mass is 9.53. The summed E-state index contributed by atoms with van der Waals surface area (Å²) in [4.78, 5) is 25.6. The third-order valence-corrected chi connectivity index (χ3v) is 6.78. The Labute approximate surface area is 160 Å². The van der Waals surface area contributed by atoms with E-state index >= 15 is 0 Å². The number of hydrogen-bond acceptors (Lipinski definition) is 2. The van der Waals surface area contributed by atoms with Crippen molar-refractivity contribution in [3.8, 4) is 0 Å². The van der Waals surface area contributed by atoms with Crippen LogP contribution in [0.5, 0.6) is 0 Å². The van der Waals surface area contributed by atoms with Crippen LogP contribution in [-0.2, 0) is 4.79 Å². The molecule has 0 unspecified atom stereocenters. The van der Waals surface area contributed by atoms with Gasteiger partial charge in [-0.05, 0) is 74.3 Å². The predicted molar refractivity (Wildman–Crippen MR) is 102 cm³/mol. The minimum Gasteiger partial charge on any atom is -0.349 e. The van der Waals surface area contributed by atoms with Gasteiger partial charge in [-0.3, -0.25) is 9.59 Å². The fraction of sp³-hybridized carbons (Fsp3) is 0.636. The molecule has 1 aromatic rings. The van der Waals surface area contributed by atoms with E-state index in [0.717, 1.165) is 37.0 Å². The Kier molecular flexibility index (Phi) is 4.73. The first kappa shape index (κ1) is 18.5. The average Bonchev–Trinajstić information content (AvgIpc) is 2.57. The molecule has 4 nitrogen and oxygen atoms in total. The first-order chi connectivity index (χ1) is 12.8. The molecule has 0 radical (unpaired) electrons. The molecular weight excluding hydrogens is 343 g/mol. The molecule has 2 amide bonds. The molecule has 0 heterocycles. The first-order valence-corrected chi connectivity index (χ1v) is 10.2. The zero-order chi connectivity index (χ0) is 19.2. The van der Waals surface area contributed by atoms with Gasteiger partial charge in [0.2, 0.25) is 5.91 Å². The van der Waals surface area contributed by atoms with Gasteiger partial charge in [0.15, 0.2) is 0 Å². The largest absolute Gasteiger partial charge is 0.349 e. The molecule has 0 aliphatic heterocycles. The van der Waals surface area contributed by atoms with E-state index in [4.69, 9.17) is 0 Å². The molecule has 4 aliphatic rings. The second-order valence-corrected chi connectivity index (χ2v) is 9.36. The van der Waals surface area contributed by atoms with Crippen LogP contribution in [0.2, 0.25) is 0 Å². The summed E-state index contributed by atoms with van der Waals surface area (Å²) in [6.07, 6.45) is 7.14. The second-order valence-electron chi connectivity index (χ2n) is 9.36. The van der Waals surface area contributed by atoms with E-state index in [2.05, 4.69) is 10.6 Å². The number of amides is 2. The maximum absolute atomic E-state index is 13.9. The summed E-state index contributed by atoms with van der Waals surface area (Å²) in [5.41, 5.74) is -0.118. The maximum Gasteiger partial charge on any atom is 0.254 e. The Bertz CT molecular complexity index is 710. The van der Waals surface area contributed by atoms with E-state index in [1.165, 1.54) is 31.4 Å². The Morgan fingerprint density at radius 2 is 1.59 bits per heavy atom. The summed E-state index contributed by atoms with van der Waals surface area (Å²) in [7, 11) is 0. The van der Waals surface area contributed by atoms with Crippen LogP contribution >= 0.6 is 0 Å². The third-order valence-electron chi connectivity index (χ3n) is 6.78. The average molecular weight is 372 g/mol. The summed E-state index contributed by atoms with van der Waals surface area (Å²) in [6.45, 7) is 3.82. The minimum atomic E-state index is -0.662. The number of nitrogens with one attached hydrogen (secondary N) is 2. The first-order valence-electron chi connectivity index (χ1n) is 10.2. The lowest BCUT2D eigenvalue weighted by Crippen LogP contribution is -2.63. The molecule has 0 aromatic heterocycles. The highest BCUT2D eigenvalue weighted by atomic mass is 19.1. The molecule has 4 saturated carbocycles. The molecule has 1 aromatic carbocycles. The predicted octanol–water partition coefficient (Wildman–Crippen LogP) is 3.67. The maximum atomic E-state index is 13.9.